The van der Waals surface area contributed by atoms with Gasteiger partial charge in [-0.3, -0.25) is 4.99 Å². The quantitative estimate of drug-likeness (QED) is 0.338. The Morgan fingerprint density at radius 3 is 2.58 bits per heavy atom. The molecule has 0 bridgehead atoms. The molecule has 2 N–H and O–H groups in total. The lowest BCUT2D eigenvalue weighted by atomic mass is 10.1. The number of nitrogens with zero attached hydrogens (tertiary/aromatic N) is 1. The summed E-state index contributed by atoms with van der Waals surface area (Å²) in [6, 6.07) is 5.18. The van der Waals surface area contributed by atoms with E-state index in [4.69, 9.17) is 9.47 Å². The molecular weight excluding hydrogens is 377 g/mol. The molecule has 1 aromatic rings. The van der Waals surface area contributed by atoms with Gasteiger partial charge in [0.1, 0.15) is 5.82 Å². The molecule has 0 aliphatic carbocycles. The first-order chi connectivity index (χ1) is 11.7. The molecule has 24 heavy (non-hydrogen) atoms. The highest BCUT2D eigenvalue weighted by Crippen LogP contribution is 2.16. The normalized spacial score (nSPS) is 11.6. The molecule has 0 spiro atoms. The van der Waals surface area contributed by atoms with Crippen molar-refractivity contribution in [2.45, 2.75) is 19.3 Å². The largest absolute Gasteiger partial charge is 0.382 e. The summed E-state index contributed by atoms with van der Waals surface area (Å²) in [5, 5.41) is 6.45. The maximum Gasteiger partial charge on any atom is 0.190 e. The summed E-state index contributed by atoms with van der Waals surface area (Å²) >= 11 is 3.26. The van der Waals surface area contributed by atoms with Crippen LogP contribution in [0.1, 0.15) is 18.4 Å². The van der Waals surface area contributed by atoms with Crippen LogP contribution in [0.5, 0.6) is 0 Å². The third-order valence-corrected chi connectivity index (χ3v) is 3.84. The van der Waals surface area contributed by atoms with E-state index in [1.165, 1.54) is 6.07 Å². The minimum atomic E-state index is -0.166. The summed E-state index contributed by atoms with van der Waals surface area (Å²) in [6.45, 7) is 3.45. The Kier molecular flexibility index (Phi) is 11.4. The van der Waals surface area contributed by atoms with Crippen molar-refractivity contribution in [1.82, 2.24) is 10.6 Å². The standard InChI is InChI=1S/C17H27BrFN3O2/c1-20-17(22-9-4-10-24-12-11-23-2)21-8-3-5-14-6-7-15(18)13-16(14)19/h6-7,13H,3-5,8-12H2,1-2H3,(H2,20,21,22). The lowest BCUT2D eigenvalue weighted by Gasteiger charge is -2.12. The average Bonchev–Trinajstić information content (AvgIpc) is 2.57. The molecule has 0 heterocycles. The van der Waals surface area contributed by atoms with Gasteiger partial charge in [0.2, 0.25) is 0 Å². The number of guanidine groups is 1. The summed E-state index contributed by atoms with van der Waals surface area (Å²) in [5.74, 6) is 0.587. The Morgan fingerprint density at radius 1 is 1.17 bits per heavy atom. The highest BCUT2D eigenvalue weighted by Gasteiger charge is 2.03. The molecule has 0 fully saturated rings. The summed E-state index contributed by atoms with van der Waals surface area (Å²) in [7, 11) is 3.39. The number of halogens is 2. The van der Waals surface area contributed by atoms with Crippen LogP contribution >= 0.6 is 15.9 Å². The van der Waals surface area contributed by atoms with Crippen molar-refractivity contribution in [3.63, 3.8) is 0 Å². The number of rotatable bonds is 11. The molecule has 0 aliphatic rings. The fourth-order valence-electron chi connectivity index (χ4n) is 2.06. The minimum Gasteiger partial charge on any atom is -0.382 e. The van der Waals surface area contributed by atoms with Gasteiger partial charge in [-0.25, -0.2) is 4.39 Å². The van der Waals surface area contributed by atoms with E-state index in [2.05, 4.69) is 31.6 Å². The van der Waals surface area contributed by atoms with E-state index in [-0.39, 0.29) is 5.82 Å². The lowest BCUT2D eigenvalue weighted by molar-refractivity contribution is 0.0698. The van der Waals surface area contributed by atoms with Gasteiger partial charge >= 0.3 is 0 Å². The van der Waals surface area contributed by atoms with E-state index < -0.39 is 0 Å². The SMILES string of the molecule is CN=C(NCCCOCCOC)NCCCc1ccc(Br)cc1F. The average molecular weight is 404 g/mol. The summed E-state index contributed by atoms with van der Waals surface area (Å²) in [6.07, 6.45) is 2.42. The first-order valence-electron chi connectivity index (χ1n) is 8.12. The van der Waals surface area contributed by atoms with Crippen LogP contribution in [0.2, 0.25) is 0 Å². The Morgan fingerprint density at radius 2 is 1.92 bits per heavy atom. The Hall–Kier alpha value is -1.18. The van der Waals surface area contributed by atoms with Crippen molar-refractivity contribution in [1.29, 1.82) is 0 Å². The summed E-state index contributed by atoms with van der Waals surface area (Å²) < 4.78 is 24.8. The van der Waals surface area contributed by atoms with Crippen LogP contribution in [0, 0.1) is 5.82 Å². The van der Waals surface area contributed by atoms with Gasteiger partial charge in [-0.2, -0.15) is 0 Å². The lowest BCUT2D eigenvalue weighted by Crippen LogP contribution is -2.38. The zero-order valence-electron chi connectivity index (χ0n) is 14.4. The van der Waals surface area contributed by atoms with Crippen molar-refractivity contribution in [2.75, 3.05) is 47.1 Å². The third-order valence-electron chi connectivity index (χ3n) is 3.34. The van der Waals surface area contributed by atoms with Gasteiger partial charge < -0.3 is 20.1 Å². The van der Waals surface area contributed by atoms with Crippen LogP contribution < -0.4 is 10.6 Å². The molecule has 0 saturated heterocycles. The zero-order chi connectivity index (χ0) is 17.6. The Bertz CT molecular complexity index is 501. The van der Waals surface area contributed by atoms with Crippen molar-refractivity contribution < 1.29 is 13.9 Å². The van der Waals surface area contributed by atoms with Gasteiger partial charge in [-0.15, -0.1) is 0 Å². The van der Waals surface area contributed by atoms with Crippen molar-refractivity contribution in [2.24, 2.45) is 4.99 Å². The van der Waals surface area contributed by atoms with E-state index in [0.29, 0.717) is 26.2 Å². The molecule has 0 radical (unpaired) electrons. The monoisotopic (exact) mass is 403 g/mol. The maximum atomic E-state index is 13.7. The van der Waals surface area contributed by atoms with Gasteiger partial charge in [-0.05, 0) is 37.0 Å². The van der Waals surface area contributed by atoms with E-state index in [9.17, 15) is 4.39 Å². The Balaban J connectivity index is 2.11. The molecule has 7 heteroatoms. The number of hydrogen-bond donors (Lipinski definition) is 2. The molecule has 0 atom stereocenters. The summed E-state index contributed by atoms with van der Waals surface area (Å²) in [4.78, 5) is 4.16. The van der Waals surface area contributed by atoms with Gasteiger partial charge in [0, 0.05) is 38.3 Å². The topological polar surface area (TPSA) is 54.9 Å². The van der Waals surface area contributed by atoms with Crippen LogP contribution in [0.3, 0.4) is 0 Å². The fourth-order valence-corrected chi connectivity index (χ4v) is 2.39. The van der Waals surface area contributed by atoms with E-state index in [1.54, 1.807) is 14.2 Å². The maximum absolute atomic E-state index is 13.7. The minimum absolute atomic E-state index is 0.166. The van der Waals surface area contributed by atoms with E-state index >= 15 is 0 Å². The molecule has 0 aromatic heterocycles. The highest BCUT2D eigenvalue weighted by molar-refractivity contribution is 9.10. The fraction of sp³-hybridized carbons (Fsp3) is 0.588. The van der Waals surface area contributed by atoms with Gasteiger partial charge in [-0.1, -0.05) is 22.0 Å². The second kappa shape index (κ2) is 13.1. The highest BCUT2D eigenvalue weighted by atomic mass is 79.9. The van der Waals surface area contributed by atoms with E-state index in [0.717, 1.165) is 41.9 Å². The van der Waals surface area contributed by atoms with Crippen molar-refractivity contribution in [3.05, 3.63) is 34.1 Å². The number of hydrogen-bond acceptors (Lipinski definition) is 3. The Labute approximate surface area is 152 Å². The summed E-state index contributed by atoms with van der Waals surface area (Å²) in [5.41, 5.74) is 0.733. The van der Waals surface area contributed by atoms with Crippen molar-refractivity contribution in [3.8, 4) is 0 Å². The predicted molar refractivity (Wildman–Crippen MR) is 99.1 cm³/mol. The second-order valence-corrected chi connectivity index (χ2v) is 6.14. The number of benzene rings is 1. The first kappa shape index (κ1) is 20.9. The smallest absolute Gasteiger partial charge is 0.190 e. The molecule has 0 unspecified atom stereocenters. The van der Waals surface area contributed by atoms with Crippen LogP contribution in [0.15, 0.2) is 27.7 Å². The number of methoxy groups -OCH3 is 1. The predicted octanol–water partition coefficient (Wildman–Crippen LogP) is 2.74. The van der Waals surface area contributed by atoms with Crippen LogP contribution in [-0.2, 0) is 15.9 Å². The molecular formula is C17H27BrFN3O2. The molecule has 0 amide bonds. The number of ether oxygens (including phenoxy) is 2. The van der Waals surface area contributed by atoms with Crippen LogP contribution in [0.4, 0.5) is 4.39 Å². The molecule has 5 nitrogen and oxygen atoms in total. The molecule has 136 valence electrons. The van der Waals surface area contributed by atoms with Gasteiger partial charge in [0.25, 0.3) is 0 Å². The van der Waals surface area contributed by atoms with Crippen LogP contribution in [-0.4, -0.2) is 53.0 Å². The molecule has 0 saturated carbocycles. The molecule has 0 aliphatic heterocycles. The first-order valence-corrected chi connectivity index (χ1v) is 8.91. The number of nitrogens with one attached hydrogen (secondary N) is 2. The zero-order valence-corrected chi connectivity index (χ0v) is 16.0. The van der Waals surface area contributed by atoms with Gasteiger partial charge in [0.15, 0.2) is 5.96 Å². The molecule has 1 aromatic carbocycles. The van der Waals surface area contributed by atoms with E-state index in [1.807, 2.05) is 12.1 Å². The number of aryl methyl sites for hydroxylation is 1. The second-order valence-electron chi connectivity index (χ2n) is 5.22. The van der Waals surface area contributed by atoms with Crippen molar-refractivity contribution >= 4 is 21.9 Å². The number of aliphatic imine (C=N–C) groups is 1. The molecule has 1 rings (SSSR count). The third kappa shape index (κ3) is 9.20. The van der Waals surface area contributed by atoms with Crippen LogP contribution in [0.25, 0.3) is 0 Å². The van der Waals surface area contributed by atoms with Gasteiger partial charge in [0.05, 0.1) is 13.2 Å².